The molecule has 1 N–H and O–H groups in total. The lowest BCUT2D eigenvalue weighted by atomic mass is 10.1. The van der Waals surface area contributed by atoms with Crippen LogP contribution in [0.15, 0.2) is 59.5 Å². The van der Waals surface area contributed by atoms with Crippen molar-refractivity contribution in [2.24, 2.45) is 5.92 Å². The van der Waals surface area contributed by atoms with Crippen LogP contribution >= 0.6 is 0 Å². The van der Waals surface area contributed by atoms with Crippen molar-refractivity contribution >= 4 is 22.8 Å². The lowest BCUT2D eigenvalue weighted by Gasteiger charge is -2.18. The van der Waals surface area contributed by atoms with E-state index in [9.17, 15) is 14.9 Å². The van der Waals surface area contributed by atoms with Crippen molar-refractivity contribution in [1.29, 1.82) is 0 Å². The molecule has 3 heterocycles. The largest absolute Gasteiger partial charge is 0.376 e. The zero-order valence-electron chi connectivity index (χ0n) is 14.6. The van der Waals surface area contributed by atoms with Gasteiger partial charge in [0, 0.05) is 31.5 Å². The van der Waals surface area contributed by atoms with Crippen molar-refractivity contribution in [3.8, 4) is 0 Å². The van der Waals surface area contributed by atoms with Gasteiger partial charge >= 0.3 is 11.2 Å². The predicted molar refractivity (Wildman–Crippen MR) is 103 cm³/mol. The van der Waals surface area contributed by atoms with Crippen molar-refractivity contribution < 1.29 is 4.92 Å². The molecular weight excluding hydrogens is 346 g/mol. The highest BCUT2D eigenvalue weighted by atomic mass is 16.6. The molecule has 1 unspecified atom stereocenters. The molecule has 8 nitrogen and oxygen atoms in total. The van der Waals surface area contributed by atoms with Gasteiger partial charge in [0.2, 0.25) is 5.82 Å². The first-order chi connectivity index (χ1) is 13.1. The van der Waals surface area contributed by atoms with Gasteiger partial charge in [-0.05, 0) is 36.6 Å². The van der Waals surface area contributed by atoms with Crippen molar-refractivity contribution in [2.45, 2.75) is 6.42 Å². The van der Waals surface area contributed by atoms with E-state index in [1.54, 1.807) is 18.2 Å². The van der Waals surface area contributed by atoms with Crippen LogP contribution in [0.25, 0.3) is 5.65 Å². The Kier molecular flexibility index (Phi) is 4.45. The van der Waals surface area contributed by atoms with Gasteiger partial charge in [-0.1, -0.05) is 24.3 Å². The molecule has 8 heteroatoms. The van der Waals surface area contributed by atoms with Crippen LogP contribution in [0.4, 0.5) is 17.2 Å². The van der Waals surface area contributed by atoms with Gasteiger partial charge in [0.25, 0.3) is 0 Å². The third kappa shape index (κ3) is 3.33. The first-order valence-corrected chi connectivity index (χ1v) is 8.83. The molecule has 1 aliphatic heterocycles. The van der Waals surface area contributed by atoms with Crippen LogP contribution in [0, 0.1) is 16.0 Å². The minimum Gasteiger partial charge on any atom is -0.371 e. The quantitative estimate of drug-likeness (QED) is 0.552. The van der Waals surface area contributed by atoms with Crippen LogP contribution in [0.1, 0.15) is 6.42 Å². The molecule has 1 saturated heterocycles. The van der Waals surface area contributed by atoms with Crippen molar-refractivity contribution in [3.05, 3.63) is 75.2 Å². The molecule has 0 aliphatic carbocycles. The van der Waals surface area contributed by atoms with Crippen LogP contribution in [0.2, 0.25) is 0 Å². The van der Waals surface area contributed by atoms with Gasteiger partial charge in [0.15, 0.2) is 0 Å². The van der Waals surface area contributed by atoms with E-state index in [0.29, 0.717) is 18.1 Å². The Morgan fingerprint density at radius 1 is 1.19 bits per heavy atom. The number of fused-ring (bicyclic) bond motifs is 1. The zero-order valence-corrected chi connectivity index (χ0v) is 14.6. The van der Waals surface area contributed by atoms with Gasteiger partial charge in [-0.2, -0.15) is 0 Å². The fourth-order valence-corrected chi connectivity index (χ4v) is 3.48. The Bertz CT molecular complexity index is 1030. The Morgan fingerprint density at radius 2 is 1.96 bits per heavy atom. The van der Waals surface area contributed by atoms with Gasteiger partial charge < -0.3 is 10.2 Å². The van der Waals surface area contributed by atoms with Gasteiger partial charge in [0.1, 0.15) is 5.65 Å². The molecule has 0 spiro atoms. The van der Waals surface area contributed by atoms with Crippen LogP contribution < -0.4 is 15.8 Å². The number of nitrogens with zero attached hydrogens (tertiary/aromatic N) is 4. The highest BCUT2D eigenvalue weighted by molar-refractivity contribution is 5.60. The number of rotatable bonds is 5. The Morgan fingerprint density at radius 3 is 2.74 bits per heavy atom. The zero-order chi connectivity index (χ0) is 18.8. The maximum absolute atomic E-state index is 12.5. The molecule has 27 heavy (non-hydrogen) atoms. The number of hydrogen-bond acceptors (Lipinski definition) is 6. The average molecular weight is 365 g/mol. The number of nitro groups is 1. The molecule has 0 saturated carbocycles. The van der Waals surface area contributed by atoms with Gasteiger partial charge in [-0.25, -0.2) is 4.98 Å². The molecule has 1 atom stereocenters. The molecular formula is C19H19N5O3. The predicted octanol–water partition coefficient (Wildman–Crippen LogP) is 2.54. The van der Waals surface area contributed by atoms with E-state index in [4.69, 9.17) is 0 Å². The highest BCUT2D eigenvalue weighted by Crippen LogP contribution is 2.25. The monoisotopic (exact) mass is 365 g/mol. The van der Waals surface area contributed by atoms with E-state index in [2.05, 4.69) is 27.3 Å². The number of benzene rings is 1. The second-order valence-electron chi connectivity index (χ2n) is 6.62. The number of para-hydroxylation sites is 1. The van der Waals surface area contributed by atoms with E-state index >= 15 is 0 Å². The number of pyridine rings is 1. The summed E-state index contributed by atoms with van der Waals surface area (Å²) in [6.07, 6.45) is 2.46. The van der Waals surface area contributed by atoms with E-state index < -0.39 is 16.2 Å². The van der Waals surface area contributed by atoms with Crippen LogP contribution in [0.3, 0.4) is 0 Å². The first kappa shape index (κ1) is 17.0. The van der Waals surface area contributed by atoms with Crippen molar-refractivity contribution in [3.63, 3.8) is 0 Å². The van der Waals surface area contributed by atoms with Crippen LogP contribution in [-0.4, -0.2) is 33.9 Å². The molecule has 138 valence electrons. The molecule has 4 rings (SSSR count). The lowest BCUT2D eigenvalue weighted by Crippen LogP contribution is -2.25. The third-order valence-corrected chi connectivity index (χ3v) is 4.86. The fourth-order valence-electron chi connectivity index (χ4n) is 3.48. The summed E-state index contributed by atoms with van der Waals surface area (Å²) in [5.74, 6) is 0.357. The SMILES string of the molecule is O=c1c([N+](=O)[O-])c(NCC2CCN(c3ccccc3)C2)nc2ccccn12. The summed E-state index contributed by atoms with van der Waals surface area (Å²) < 4.78 is 1.19. The number of nitrogens with one attached hydrogen (secondary N) is 1. The summed E-state index contributed by atoms with van der Waals surface area (Å²) in [5, 5.41) is 14.5. The fraction of sp³-hybridized carbons (Fsp3) is 0.263. The Hall–Kier alpha value is -3.42. The summed E-state index contributed by atoms with van der Waals surface area (Å²) in [6.45, 7) is 2.32. The summed E-state index contributed by atoms with van der Waals surface area (Å²) in [4.78, 5) is 29.8. The molecule has 1 fully saturated rings. The van der Waals surface area contributed by atoms with Gasteiger partial charge in [-0.3, -0.25) is 19.3 Å². The summed E-state index contributed by atoms with van der Waals surface area (Å²) >= 11 is 0. The molecule has 3 aromatic rings. The van der Waals surface area contributed by atoms with Crippen molar-refractivity contribution in [1.82, 2.24) is 9.38 Å². The molecule has 1 aromatic carbocycles. The Labute approximate surface area is 155 Å². The van der Waals surface area contributed by atoms with E-state index in [1.165, 1.54) is 16.3 Å². The molecule has 0 bridgehead atoms. The standard InChI is InChI=1S/C19H19N5O3/c25-19-17(24(26)27)18(21-16-8-4-5-10-23(16)19)20-12-14-9-11-22(13-14)15-6-2-1-3-7-15/h1-8,10,14,20H,9,11-13H2. The first-order valence-electron chi connectivity index (χ1n) is 8.83. The Balaban J connectivity index is 1.53. The molecule has 0 amide bonds. The van der Waals surface area contributed by atoms with Crippen molar-refractivity contribution in [2.75, 3.05) is 29.9 Å². The molecule has 0 radical (unpaired) electrons. The minimum atomic E-state index is -0.676. The highest BCUT2D eigenvalue weighted by Gasteiger charge is 2.26. The summed E-state index contributed by atoms with van der Waals surface area (Å²) in [6, 6.07) is 15.2. The maximum Gasteiger partial charge on any atom is 0.376 e. The third-order valence-electron chi connectivity index (χ3n) is 4.86. The lowest BCUT2D eigenvalue weighted by molar-refractivity contribution is -0.385. The molecule has 2 aromatic heterocycles. The second kappa shape index (κ2) is 7.06. The number of anilines is 2. The van der Waals surface area contributed by atoms with E-state index in [1.807, 2.05) is 18.2 Å². The molecule has 1 aliphatic rings. The van der Waals surface area contributed by atoms with E-state index in [0.717, 1.165) is 19.5 Å². The summed E-state index contributed by atoms with van der Waals surface area (Å²) in [7, 11) is 0. The van der Waals surface area contributed by atoms with Gasteiger partial charge in [0.05, 0.1) is 4.92 Å². The summed E-state index contributed by atoms with van der Waals surface area (Å²) in [5.41, 5.74) is 0.364. The average Bonchev–Trinajstić information content (AvgIpc) is 3.16. The maximum atomic E-state index is 12.5. The smallest absolute Gasteiger partial charge is 0.371 e. The van der Waals surface area contributed by atoms with E-state index in [-0.39, 0.29) is 5.82 Å². The topological polar surface area (TPSA) is 92.8 Å². The van der Waals surface area contributed by atoms with Gasteiger partial charge in [-0.15, -0.1) is 0 Å². The number of aromatic nitrogens is 2. The second-order valence-corrected chi connectivity index (χ2v) is 6.62. The number of hydrogen-bond donors (Lipinski definition) is 1. The normalized spacial score (nSPS) is 16.6. The minimum absolute atomic E-state index is 0.0364. The van der Waals surface area contributed by atoms with Crippen LogP contribution in [0.5, 0.6) is 0 Å². The van der Waals surface area contributed by atoms with Crippen LogP contribution in [-0.2, 0) is 0 Å².